The van der Waals surface area contributed by atoms with Gasteiger partial charge in [-0.1, -0.05) is 26.7 Å². The number of nitrogens with zero attached hydrogens (tertiary/aromatic N) is 3. The summed E-state index contributed by atoms with van der Waals surface area (Å²) in [5, 5.41) is 0. The number of anilines is 2. The minimum Gasteiger partial charge on any atom is -0.383 e. The van der Waals surface area contributed by atoms with Gasteiger partial charge in [0.25, 0.3) is 11.5 Å². The summed E-state index contributed by atoms with van der Waals surface area (Å²) in [4.78, 5) is 56.1. The summed E-state index contributed by atoms with van der Waals surface area (Å²) in [5.74, 6) is 0.137. The van der Waals surface area contributed by atoms with Crippen LogP contribution in [0.15, 0.2) is 9.59 Å². The second-order valence-electron chi connectivity index (χ2n) is 8.11. The van der Waals surface area contributed by atoms with Crippen molar-refractivity contribution in [3.8, 4) is 0 Å². The lowest BCUT2D eigenvalue weighted by Gasteiger charge is -2.33. The number of nitrogens with two attached hydrogens (primary N) is 1. The Morgan fingerprint density at radius 1 is 1.27 bits per heavy atom. The van der Waals surface area contributed by atoms with E-state index in [1.54, 1.807) is 16.7 Å². The maximum atomic E-state index is 13.6. The maximum Gasteiger partial charge on any atom is 0.330 e. The fraction of sp³-hybridized carbons (Fsp3) is 0.700. The number of hydrogen-bond donors (Lipinski definition) is 2. The summed E-state index contributed by atoms with van der Waals surface area (Å²) >= 11 is 1.60. The van der Waals surface area contributed by atoms with Crippen LogP contribution in [0.25, 0.3) is 0 Å². The number of thioether (sulfide) groups is 1. The van der Waals surface area contributed by atoms with Crippen molar-refractivity contribution in [2.75, 3.05) is 22.9 Å². The van der Waals surface area contributed by atoms with Gasteiger partial charge in [-0.3, -0.25) is 23.9 Å². The molecular weight excluding hydrogens is 406 g/mol. The molecule has 9 nitrogen and oxygen atoms in total. The predicted octanol–water partition coefficient (Wildman–Crippen LogP) is 1.51. The molecule has 1 aromatic rings. The van der Waals surface area contributed by atoms with Crippen LogP contribution >= 0.6 is 11.8 Å². The summed E-state index contributed by atoms with van der Waals surface area (Å²) in [6.07, 6.45) is 4.19. The van der Waals surface area contributed by atoms with Gasteiger partial charge in [0, 0.05) is 25.3 Å². The lowest BCUT2D eigenvalue weighted by molar-refractivity contribution is -0.136. The lowest BCUT2D eigenvalue weighted by atomic mass is 10.1. The first-order chi connectivity index (χ1) is 14.2. The second-order valence-corrected chi connectivity index (χ2v) is 9.61. The third-order valence-corrected chi connectivity index (χ3v) is 7.46. The summed E-state index contributed by atoms with van der Waals surface area (Å²) in [6, 6.07) is -0.637. The summed E-state index contributed by atoms with van der Waals surface area (Å²) in [6.45, 7) is 6.63. The Kier molecular flexibility index (Phi) is 6.64. The largest absolute Gasteiger partial charge is 0.383 e. The van der Waals surface area contributed by atoms with Gasteiger partial charge in [0.1, 0.15) is 11.9 Å². The Morgan fingerprint density at radius 2 is 1.97 bits per heavy atom. The molecular formula is C20H31N5O4S. The van der Waals surface area contributed by atoms with Crippen molar-refractivity contribution >= 4 is 35.1 Å². The molecule has 10 heteroatoms. The number of aromatic amines is 1. The van der Waals surface area contributed by atoms with Gasteiger partial charge in [0.2, 0.25) is 5.91 Å². The van der Waals surface area contributed by atoms with E-state index in [2.05, 4.69) is 4.98 Å². The lowest BCUT2D eigenvalue weighted by Crippen LogP contribution is -2.53. The zero-order valence-electron chi connectivity index (χ0n) is 17.9. The Morgan fingerprint density at radius 3 is 2.63 bits per heavy atom. The minimum absolute atomic E-state index is 0.00260. The number of nitrogens with one attached hydrogen (secondary N) is 1. The van der Waals surface area contributed by atoms with Gasteiger partial charge in [-0.25, -0.2) is 4.79 Å². The third-order valence-electron chi connectivity index (χ3n) is 5.95. The van der Waals surface area contributed by atoms with Crippen molar-refractivity contribution in [1.82, 2.24) is 14.5 Å². The van der Waals surface area contributed by atoms with Crippen molar-refractivity contribution in [2.24, 2.45) is 0 Å². The number of rotatable bonds is 8. The molecule has 2 atom stereocenters. The van der Waals surface area contributed by atoms with Crippen LogP contribution in [-0.4, -0.2) is 49.5 Å². The predicted molar refractivity (Wildman–Crippen MR) is 119 cm³/mol. The molecule has 30 heavy (non-hydrogen) atoms. The van der Waals surface area contributed by atoms with E-state index in [1.807, 2.05) is 20.8 Å². The van der Waals surface area contributed by atoms with E-state index in [4.69, 9.17) is 5.73 Å². The van der Waals surface area contributed by atoms with E-state index in [0.717, 1.165) is 19.3 Å². The number of fused-ring (bicyclic) bond motifs is 1. The highest BCUT2D eigenvalue weighted by molar-refractivity contribution is 8.01. The second kappa shape index (κ2) is 8.87. The molecule has 2 aliphatic rings. The molecule has 2 saturated heterocycles. The average molecular weight is 438 g/mol. The molecule has 2 amide bonds. The molecule has 0 bridgehead atoms. The number of hydrogen-bond acceptors (Lipinski definition) is 6. The van der Waals surface area contributed by atoms with Crippen LogP contribution in [0.2, 0.25) is 0 Å². The van der Waals surface area contributed by atoms with Gasteiger partial charge in [-0.05, 0) is 26.2 Å². The van der Waals surface area contributed by atoms with Crippen LogP contribution in [0.5, 0.6) is 0 Å². The van der Waals surface area contributed by atoms with Gasteiger partial charge in [0.05, 0.1) is 4.87 Å². The topological polar surface area (TPSA) is 121 Å². The van der Waals surface area contributed by atoms with Crippen molar-refractivity contribution in [3.05, 3.63) is 20.8 Å². The fourth-order valence-electron chi connectivity index (χ4n) is 4.21. The molecule has 2 fully saturated rings. The van der Waals surface area contributed by atoms with E-state index in [-0.39, 0.29) is 28.2 Å². The van der Waals surface area contributed by atoms with Crippen molar-refractivity contribution in [1.29, 1.82) is 0 Å². The first-order valence-corrected chi connectivity index (χ1v) is 11.6. The Hall–Kier alpha value is -2.23. The van der Waals surface area contributed by atoms with Crippen LogP contribution < -0.4 is 21.9 Å². The first-order valence-electron chi connectivity index (χ1n) is 10.6. The van der Waals surface area contributed by atoms with Crippen LogP contribution in [0.4, 0.5) is 11.5 Å². The normalized spacial score (nSPS) is 23.1. The summed E-state index contributed by atoms with van der Waals surface area (Å²) in [5.41, 5.74) is 5.02. The molecule has 166 valence electrons. The van der Waals surface area contributed by atoms with E-state index < -0.39 is 17.3 Å². The smallest absolute Gasteiger partial charge is 0.330 e. The monoisotopic (exact) mass is 437 g/mol. The highest BCUT2D eigenvalue weighted by atomic mass is 32.2. The number of nitrogen functional groups attached to an aromatic ring is 1. The van der Waals surface area contributed by atoms with Crippen LogP contribution in [-0.2, 0) is 16.1 Å². The van der Waals surface area contributed by atoms with Gasteiger partial charge >= 0.3 is 5.69 Å². The molecule has 3 rings (SSSR count). The van der Waals surface area contributed by atoms with E-state index in [1.165, 1.54) is 9.47 Å². The number of unbranched alkanes of at least 4 members (excludes halogenated alkanes) is 2. The van der Waals surface area contributed by atoms with Gasteiger partial charge < -0.3 is 15.5 Å². The highest BCUT2D eigenvalue weighted by Crippen LogP contribution is 2.47. The first kappa shape index (κ1) is 22.5. The minimum atomic E-state index is -0.670. The highest BCUT2D eigenvalue weighted by Gasteiger charge is 2.53. The number of H-pyrrole nitrogens is 1. The average Bonchev–Trinajstić information content (AvgIpc) is 3.19. The molecule has 2 aliphatic heterocycles. The fourth-order valence-corrected chi connectivity index (χ4v) is 5.63. The quantitative estimate of drug-likeness (QED) is 0.636. The van der Waals surface area contributed by atoms with Crippen LogP contribution in [0, 0.1) is 0 Å². The number of carbonyl (C=O) groups excluding carboxylic acids is 2. The van der Waals surface area contributed by atoms with Crippen LogP contribution in [0.1, 0.15) is 59.3 Å². The standard InChI is InChI=1S/C20H31N5O4S/c1-4-6-10-23(15-16(21)24(11-7-5-2)19(29)22-17(15)27)18(28)13-12-30-20(3)9-8-14(26)25(13)20/h13H,4-12,21H2,1-3H3,(H,22,27,29)/t13-,20-/m1/s1. The molecule has 1 aromatic heterocycles. The number of carbonyl (C=O) groups is 2. The molecule has 0 spiro atoms. The molecule has 0 unspecified atom stereocenters. The molecule has 0 aromatic carbocycles. The Bertz CT molecular complexity index is 942. The van der Waals surface area contributed by atoms with Gasteiger partial charge in [-0.2, -0.15) is 0 Å². The molecule has 3 heterocycles. The van der Waals surface area contributed by atoms with Gasteiger partial charge in [0.15, 0.2) is 5.69 Å². The van der Waals surface area contributed by atoms with E-state index in [9.17, 15) is 19.2 Å². The zero-order chi connectivity index (χ0) is 22.1. The summed E-state index contributed by atoms with van der Waals surface area (Å²) in [7, 11) is 0. The Labute approximate surface area is 180 Å². The third kappa shape index (κ3) is 3.89. The van der Waals surface area contributed by atoms with Gasteiger partial charge in [-0.15, -0.1) is 11.8 Å². The maximum absolute atomic E-state index is 13.6. The molecule has 3 N–H and O–H groups in total. The van der Waals surface area contributed by atoms with E-state index in [0.29, 0.717) is 38.1 Å². The molecule has 0 saturated carbocycles. The number of amides is 2. The summed E-state index contributed by atoms with van der Waals surface area (Å²) < 4.78 is 1.32. The zero-order valence-corrected chi connectivity index (χ0v) is 18.7. The van der Waals surface area contributed by atoms with Crippen LogP contribution in [0.3, 0.4) is 0 Å². The molecule has 0 radical (unpaired) electrons. The van der Waals surface area contributed by atoms with Crippen molar-refractivity contribution < 1.29 is 9.59 Å². The number of aromatic nitrogens is 2. The molecule has 0 aliphatic carbocycles. The van der Waals surface area contributed by atoms with E-state index >= 15 is 0 Å². The SMILES string of the molecule is CCCCN(C(=O)[C@H]1CS[C@]2(C)CCC(=O)N12)c1c(N)n(CCCC)c(=O)[nH]c1=O. The van der Waals surface area contributed by atoms with Crippen molar-refractivity contribution in [3.63, 3.8) is 0 Å². The Balaban J connectivity index is 2.03. The van der Waals surface area contributed by atoms with Crippen molar-refractivity contribution in [2.45, 2.75) is 76.8 Å².